The second-order valence-corrected chi connectivity index (χ2v) is 11.2. The SMILES string of the molecule is CC(C)(C)OC(=O)Cc1ccc(NC(=O)Cc2nnc(Cc3nc4ccc(-c5ccccc5)cc4s3)o2)cc1. The number of nitrogens with zero attached hydrogens (tertiary/aromatic N) is 3. The minimum absolute atomic E-state index is 0.0487. The predicted octanol–water partition coefficient (Wildman–Crippen LogP) is 6.00. The third-order valence-corrected chi connectivity index (χ3v) is 6.69. The number of benzene rings is 3. The molecule has 0 unspecified atom stereocenters. The average Bonchev–Trinajstić information content (AvgIpc) is 3.50. The van der Waals surface area contributed by atoms with Gasteiger partial charge in [0.1, 0.15) is 17.0 Å². The highest BCUT2D eigenvalue weighted by atomic mass is 32.1. The zero-order chi connectivity index (χ0) is 27.4. The topological polar surface area (TPSA) is 107 Å². The first-order chi connectivity index (χ1) is 18.7. The molecule has 5 rings (SSSR count). The Balaban J connectivity index is 1.15. The standard InChI is InChI=1S/C30H28N4O4S/c1-30(2,3)38-29(36)15-19-9-12-22(13-10-19)31-25(35)17-26-33-34-27(37-26)18-28-32-23-14-11-21(16-24(23)39-28)20-7-5-4-6-8-20/h4-14,16H,15,17-18H2,1-3H3,(H,31,35). The molecule has 5 aromatic rings. The first-order valence-electron chi connectivity index (χ1n) is 12.6. The molecule has 0 bridgehead atoms. The second-order valence-electron chi connectivity index (χ2n) is 10.1. The molecular formula is C30H28N4O4S. The lowest BCUT2D eigenvalue weighted by atomic mass is 10.1. The van der Waals surface area contributed by atoms with Crippen molar-refractivity contribution in [3.8, 4) is 11.1 Å². The van der Waals surface area contributed by atoms with Crippen molar-refractivity contribution in [2.45, 2.75) is 45.6 Å². The van der Waals surface area contributed by atoms with Crippen LogP contribution in [0.2, 0.25) is 0 Å². The molecule has 0 saturated carbocycles. The molecule has 0 aliphatic rings. The van der Waals surface area contributed by atoms with Crippen LogP contribution in [-0.4, -0.2) is 32.7 Å². The van der Waals surface area contributed by atoms with Crippen molar-refractivity contribution in [3.63, 3.8) is 0 Å². The van der Waals surface area contributed by atoms with E-state index in [-0.39, 0.29) is 30.6 Å². The van der Waals surface area contributed by atoms with Gasteiger partial charge >= 0.3 is 5.97 Å². The molecule has 0 atom stereocenters. The Morgan fingerprint density at radius 3 is 2.38 bits per heavy atom. The Labute approximate surface area is 230 Å². The van der Waals surface area contributed by atoms with Crippen LogP contribution in [0.5, 0.6) is 0 Å². The summed E-state index contributed by atoms with van der Waals surface area (Å²) in [6, 6.07) is 23.5. The van der Waals surface area contributed by atoms with Gasteiger partial charge in [-0.15, -0.1) is 21.5 Å². The van der Waals surface area contributed by atoms with Gasteiger partial charge in [0.05, 0.1) is 23.1 Å². The molecule has 3 aromatic carbocycles. The normalized spacial score (nSPS) is 11.5. The molecule has 2 heterocycles. The fourth-order valence-corrected chi connectivity index (χ4v) is 5.01. The molecule has 1 amide bonds. The largest absolute Gasteiger partial charge is 0.460 e. The number of esters is 1. The number of hydrogen-bond acceptors (Lipinski definition) is 8. The molecule has 198 valence electrons. The van der Waals surface area contributed by atoms with Gasteiger partial charge in [-0.3, -0.25) is 9.59 Å². The van der Waals surface area contributed by atoms with Crippen LogP contribution < -0.4 is 5.32 Å². The minimum Gasteiger partial charge on any atom is -0.460 e. The lowest BCUT2D eigenvalue weighted by Gasteiger charge is -2.19. The number of hydrogen-bond donors (Lipinski definition) is 1. The fourth-order valence-electron chi connectivity index (χ4n) is 4.01. The van der Waals surface area contributed by atoms with Gasteiger partial charge in [-0.25, -0.2) is 4.98 Å². The van der Waals surface area contributed by atoms with Crippen molar-refractivity contribution in [2.24, 2.45) is 0 Å². The van der Waals surface area contributed by atoms with Crippen molar-refractivity contribution in [1.82, 2.24) is 15.2 Å². The van der Waals surface area contributed by atoms with Crippen LogP contribution in [0.25, 0.3) is 21.3 Å². The predicted molar refractivity (Wildman–Crippen MR) is 150 cm³/mol. The molecule has 0 aliphatic carbocycles. The van der Waals surface area contributed by atoms with E-state index in [0.717, 1.165) is 31.9 Å². The van der Waals surface area contributed by atoms with Crippen LogP contribution in [0.4, 0.5) is 5.69 Å². The maximum absolute atomic E-state index is 12.5. The Kier molecular flexibility index (Phi) is 7.51. The Morgan fingerprint density at radius 1 is 0.897 bits per heavy atom. The van der Waals surface area contributed by atoms with E-state index in [9.17, 15) is 9.59 Å². The van der Waals surface area contributed by atoms with E-state index in [1.165, 1.54) is 0 Å². The molecule has 8 nitrogen and oxygen atoms in total. The summed E-state index contributed by atoms with van der Waals surface area (Å²) >= 11 is 1.59. The van der Waals surface area contributed by atoms with Crippen LogP contribution >= 0.6 is 11.3 Å². The molecule has 0 aliphatic heterocycles. The first-order valence-corrected chi connectivity index (χ1v) is 13.4. The van der Waals surface area contributed by atoms with E-state index in [0.29, 0.717) is 18.0 Å². The highest BCUT2D eigenvalue weighted by molar-refractivity contribution is 7.18. The van der Waals surface area contributed by atoms with Crippen LogP contribution in [-0.2, 0) is 33.6 Å². The van der Waals surface area contributed by atoms with Crippen LogP contribution in [0.3, 0.4) is 0 Å². The Morgan fingerprint density at radius 2 is 1.64 bits per heavy atom. The molecule has 2 aromatic heterocycles. The first kappa shape index (κ1) is 26.2. The van der Waals surface area contributed by atoms with Gasteiger partial charge in [-0.05, 0) is 61.7 Å². The average molecular weight is 541 g/mol. The zero-order valence-corrected chi connectivity index (χ0v) is 22.7. The van der Waals surface area contributed by atoms with Crippen molar-refractivity contribution >= 4 is 39.1 Å². The van der Waals surface area contributed by atoms with E-state index in [2.05, 4.69) is 39.8 Å². The smallest absolute Gasteiger partial charge is 0.310 e. The van der Waals surface area contributed by atoms with E-state index in [4.69, 9.17) is 14.1 Å². The summed E-state index contributed by atoms with van der Waals surface area (Å²) in [5.41, 5.74) is 4.10. The maximum Gasteiger partial charge on any atom is 0.310 e. The van der Waals surface area contributed by atoms with Crippen molar-refractivity contribution in [1.29, 1.82) is 0 Å². The molecular weight excluding hydrogens is 512 g/mol. The van der Waals surface area contributed by atoms with E-state index in [1.54, 1.807) is 35.6 Å². The minimum atomic E-state index is -0.527. The summed E-state index contributed by atoms with van der Waals surface area (Å²) in [5.74, 6) is 0.0657. The number of rotatable bonds is 8. The number of nitrogens with one attached hydrogen (secondary N) is 1. The summed E-state index contributed by atoms with van der Waals surface area (Å²) in [5, 5.41) is 11.8. The number of amides is 1. The van der Waals surface area contributed by atoms with Crippen LogP contribution in [0.1, 0.15) is 43.1 Å². The van der Waals surface area contributed by atoms with Crippen LogP contribution in [0.15, 0.2) is 77.2 Å². The van der Waals surface area contributed by atoms with Gasteiger partial charge < -0.3 is 14.5 Å². The van der Waals surface area contributed by atoms with Crippen molar-refractivity contribution in [2.75, 3.05) is 5.32 Å². The molecule has 39 heavy (non-hydrogen) atoms. The molecule has 0 fully saturated rings. The number of carbonyl (C=O) groups is 2. The Hall–Kier alpha value is -4.37. The quantitative estimate of drug-likeness (QED) is 0.240. The summed E-state index contributed by atoms with van der Waals surface area (Å²) in [6.45, 7) is 5.49. The number of thiazole rings is 1. The summed E-state index contributed by atoms with van der Waals surface area (Å²) in [6.07, 6.45) is 0.514. The van der Waals surface area contributed by atoms with Gasteiger partial charge in [-0.1, -0.05) is 48.5 Å². The van der Waals surface area contributed by atoms with Gasteiger partial charge in [0.2, 0.25) is 17.7 Å². The fraction of sp³-hybridized carbons (Fsp3) is 0.233. The van der Waals surface area contributed by atoms with Crippen molar-refractivity contribution < 1.29 is 18.7 Å². The zero-order valence-electron chi connectivity index (χ0n) is 21.9. The molecule has 0 spiro atoms. The van der Waals surface area contributed by atoms with Crippen LogP contribution in [0, 0.1) is 0 Å². The van der Waals surface area contributed by atoms with Gasteiger partial charge in [0.25, 0.3) is 0 Å². The summed E-state index contributed by atoms with van der Waals surface area (Å²) in [4.78, 5) is 29.2. The highest BCUT2D eigenvalue weighted by Gasteiger charge is 2.17. The molecule has 9 heteroatoms. The molecule has 0 saturated heterocycles. The van der Waals surface area contributed by atoms with Gasteiger partial charge in [0, 0.05) is 5.69 Å². The number of carbonyl (C=O) groups excluding carboxylic acids is 2. The van der Waals surface area contributed by atoms with E-state index >= 15 is 0 Å². The summed E-state index contributed by atoms with van der Waals surface area (Å²) < 4.78 is 12.1. The Bertz CT molecular complexity index is 1600. The monoisotopic (exact) mass is 540 g/mol. The number of anilines is 1. The van der Waals surface area contributed by atoms with Gasteiger partial charge in [0.15, 0.2) is 0 Å². The van der Waals surface area contributed by atoms with E-state index < -0.39 is 5.60 Å². The lowest BCUT2D eigenvalue weighted by molar-refractivity contribution is -0.153. The number of fused-ring (bicyclic) bond motifs is 1. The van der Waals surface area contributed by atoms with Gasteiger partial charge in [-0.2, -0.15) is 0 Å². The maximum atomic E-state index is 12.5. The number of ether oxygens (including phenoxy) is 1. The second kappa shape index (κ2) is 11.2. The van der Waals surface area contributed by atoms with Crippen molar-refractivity contribution in [3.05, 3.63) is 95.1 Å². The molecule has 0 radical (unpaired) electrons. The third-order valence-electron chi connectivity index (χ3n) is 5.67. The summed E-state index contributed by atoms with van der Waals surface area (Å²) in [7, 11) is 0. The lowest BCUT2D eigenvalue weighted by Crippen LogP contribution is -2.24. The third kappa shape index (κ3) is 7.14. The highest BCUT2D eigenvalue weighted by Crippen LogP contribution is 2.29. The van der Waals surface area contributed by atoms with E-state index in [1.807, 2.05) is 45.0 Å². The number of aromatic nitrogens is 3. The molecule has 1 N–H and O–H groups in total.